The third-order valence-electron chi connectivity index (χ3n) is 6.03. The molecule has 31 heavy (non-hydrogen) atoms. The van der Waals surface area contributed by atoms with Crippen LogP contribution in [0.3, 0.4) is 0 Å². The number of thiophene rings is 2. The zero-order valence-electron chi connectivity index (χ0n) is 17.4. The van der Waals surface area contributed by atoms with Crippen molar-refractivity contribution in [2.45, 2.75) is 19.8 Å². The van der Waals surface area contributed by atoms with E-state index in [0.29, 0.717) is 6.61 Å². The first-order chi connectivity index (χ1) is 15.3. The van der Waals surface area contributed by atoms with Crippen molar-refractivity contribution in [2.24, 2.45) is 0 Å². The third kappa shape index (κ3) is 3.38. The smallest absolute Gasteiger partial charge is 0.119 e. The molecule has 6 rings (SSSR count). The molecule has 0 atom stereocenters. The van der Waals surface area contributed by atoms with E-state index in [0.717, 1.165) is 18.6 Å². The van der Waals surface area contributed by atoms with E-state index >= 15 is 0 Å². The summed E-state index contributed by atoms with van der Waals surface area (Å²) in [7, 11) is 0. The van der Waals surface area contributed by atoms with E-state index in [9.17, 15) is 0 Å². The SMILES string of the molecule is CCOc1ccc(CCc2cc3c(ccc4cc5c(ccc6sccc65)cc43)s2)cc1. The van der Waals surface area contributed by atoms with Crippen LogP contribution in [-0.4, -0.2) is 6.61 Å². The van der Waals surface area contributed by atoms with Gasteiger partial charge in [0.1, 0.15) is 5.75 Å². The van der Waals surface area contributed by atoms with Gasteiger partial charge in [-0.15, -0.1) is 22.7 Å². The van der Waals surface area contributed by atoms with Crippen LogP contribution in [0.15, 0.2) is 78.2 Å². The van der Waals surface area contributed by atoms with Crippen LogP contribution < -0.4 is 4.74 Å². The third-order valence-corrected chi connectivity index (χ3v) is 8.07. The van der Waals surface area contributed by atoms with Gasteiger partial charge in [0.25, 0.3) is 0 Å². The van der Waals surface area contributed by atoms with E-state index in [2.05, 4.69) is 78.2 Å². The molecule has 0 unspecified atom stereocenters. The molecule has 0 saturated heterocycles. The van der Waals surface area contributed by atoms with Gasteiger partial charge >= 0.3 is 0 Å². The van der Waals surface area contributed by atoms with Gasteiger partial charge in [-0.05, 0) is 101 Å². The van der Waals surface area contributed by atoms with Crippen molar-refractivity contribution < 1.29 is 4.74 Å². The predicted molar refractivity (Wildman–Crippen MR) is 137 cm³/mol. The minimum atomic E-state index is 0.711. The maximum absolute atomic E-state index is 5.56. The summed E-state index contributed by atoms with van der Waals surface area (Å²) in [6.07, 6.45) is 2.12. The van der Waals surface area contributed by atoms with Crippen molar-refractivity contribution in [1.29, 1.82) is 0 Å². The van der Waals surface area contributed by atoms with Crippen LogP contribution in [0.25, 0.3) is 41.7 Å². The number of ether oxygens (including phenoxy) is 1. The van der Waals surface area contributed by atoms with E-state index in [1.165, 1.54) is 52.2 Å². The van der Waals surface area contributed by atoms with Gasteiger partial charge in [0, 0.05) is 25.0 Å². The highest BCUT2D eigenvalue weighted by Gasteiger charge is 2.09. The highest BCUT2D eigenvalue weighted by molar-refractivity contribution is 7.19. The largest absolute Gasteiger partial charge is 0.494 e. The van der Waals surface area contributed by atoms with Crippen molar-refractivity contribution in [3.63, 3.8) is 0 Å². The topological polar surface area (TPSA) is 9.23 Å². The summed E-state index contributed by atoms with van der Waals surface area (Å²) >= 11 is 3.74. The number of hydrogen-bond acceptors (Lipinski definition) is 3. The maximum atomic E-state index is 5.56. The van der Waals surface area contributed by atoms with E-state index in [-0.39, 0.29) is 0 Å². The molecule has 0 radical (unpaired) electrons. The lowest BCUT2D eigenvalue weighted by Gasteiger charge is -2.05. The lowest BCUT2D eigenvalue weighted by Crippen LogP contribution is -1.92. The zero-order valence-corrected chi connectivity index (χ0v) is 19.0. The molecule has 2 aromatic heterocycles. The second kappa shape index (κ2) is 7.67. The van der Waals surface area contributed by atoms with Crippen LogP contribution in [0.4, 0.5) is 0 Å². The van der Waals surface area contributed by atoms with E-state index in [1.807, 2.05) is 29.6 Å². The Morgan fingerprint density at radius 3 is 2.19 bits per heavy atom. The van der Waals surface area contributed by atoms with Gasteiger partial charge in [-0.2, -0.15) is 0 Å². The lowest BCUT2D eigenvalue weighted by atomic mass is 9.99. The molecule has 0 aliphatic carbocycles. The van der Waals surface area contributed by atoms with Gasteiger partial charge in [-0.1, -0.05) is 24.3 Å². The Hall–Kier alpha value is -2.88. The highest BCUT2D eigenvalue weighted by atomic mass is 32.1. The summed E-state index contributed by atoms with van der Waals surface area (Å²) in [6, 6.07) is 27.0. The Morgan fingerprint density at radius 1 is 0.677 bits per heavy atom. The standard InChI is InChI=1S/C28H22OS2/c1-2-29-21-8-3-18(4-9-21)5-10-22-17-26-25-16-19-6-11-27-23(13-14-30-27)24(19)15-20(25)7-12-28(26)31-22/h3-4,6-9,11-17H,2,5,10H2,1H3. The van der Waals surface area contributed by atoms with E-state index < -0.39 is 0 Å². The Bertz CT molecular complexity index is 1540. The number of fused-ring (bicyclic) bond motifs is 6. The van der Waals surface area contributed by atoms with Crippen LogP contribution in [0.1, 0.15) is 17.4 Å². The average Bonchev–Trinajstić information content (AvgIpc) is 3.44. The first-order valence-corrected chi connectivity index (χ1v) is 12.4. The molecular formula is C28H22OS2. The molecule has 0 saturated carbocycles. The van der Waals surface area contributed by atoms with Gasteiger partial charge < -0.3 is 4.74 Å². The fourth-order valence-corrected chi connectivity index (χ4v) is 6.36. The van der Waals surface area contributed by atoms with Crippen molar-refractivity contribution in [2.75, 3.05) is 6.61 Å². The number of rotatable bonds is 5. The van der Waals surface area contributed by atoms with E-state index in [1.54, 1.807) is 0 Å². The van der Waals surface area contributed by atoms with E-state index in [4.69, 9.17) is 4.74 Å². The molecule has 6 aromatic rings. The van der Waals surface area contributed by atoms with Gasteiger partial charge in [-0.3, -0.25) is 0 Å². The predicted octanol–water partition coefficient (Wildman–Crippen LogP) is 8.61. The lowest BCUT2D eigenvalue weighted by molar-refractivity contribution is 0.340. The molecule has 0 aliphatic rings. The molecule has 3 heteroatoms. The van der Waals surface area contributed by atoms with Crippen molar-refractivity contribution in [3.05, 3.63) is 88.6 Å². The number of benzene rings is 4. The first-order valence-electron chi connectivity index (χ1n) is 10.8. The Kier molecular flexibility index (Phi) is 4.66. The van der Waals surface area contributed by atoms with Crippen molar-refractivity contribution in [3.8, 4) is 5.75 Å². The molecule has 152 valence electrons. The van der Waals surface area contributed by atoms with Crippen LogP contribution in [0, 0.1) is 0 Å². The molecule has 0 spiro atoms. The summed E-state index contributed by atoms with van der Waals surface area (Å²) in [6.45, 7) is 2.73. The molecule has 0 aliphatic heterocycles. The summed E-state index contributed by atoms with van der Waals surface area (Å²) in [5.74, 6) is 0.950. The molecule has 4 aromatic carbocycles. The summed E-state index contributed by atoms with van der Waals surface area (Å²) in [5, 5.41) is 10.3. The fourth-order valence-electron chi connectivity index (χ4n) is 4.48. The molecule has 0 fully saturated rings. The average molecular weight is 439 g/mol. The summed E-state index contributed by atoms with van der Waals surface area (Å²) in [5.41, 5.74) is 1.36. The van der Waals surface area contributed by atoms with Crippen LogP contribution in [-0.2, 0) is 12.8 Å². The summed E-state index contributed by atoms with van der Waals surface area (Å²) in [4.78, 5) is 1.45. The molecular weight excluding hydrogens is 416 g/mol. The Morgan fingerprint density at radius 2 is 1.42 bits per heavy atom. The van der Waals surface area contributed by atoms with Crippen LogP contribution in [0.5, 0.6) is 5.75 Å². The highest BCUT2D eigenvalue weighted by Crippen LogP contribution is 2.37. The second-order valence-corrected chi connectivity index (χ2v) is 10.1. The second-order valence-electron chi connectivity index (χ2n) is 7.96. The normalized spacial score (nSPS) is 11.8. The molecule has 2 heterocycles. The Balaban J connectivity index is 1.36. The van der Waals surface area contributed by atoms with Crippen molar-refractivity contribution >= 4 is 64.4 Å². The van der Waals surface area contributed by atoms with Gasteiger partial charge in [-0.25, -0.2) is 0 Å². The van der Waals surface area contributed by atoms with Gasteiger partial charge in [0.2, 0.25) is 0 Å². The number of hydrogen-bond donors (Lipinski definition) is 0. The zero-order chi connectivity index (χ0) is 20.8. The quantitative estimate of drug-likeness (QED) is 0.245. The molecule has 0 amide bonds. The monoisotopic (exact) mass is 438 g/mol. The van der Waals surface area contributed by atoms with Crippen LogP contribution >= 0.6 is 22.7 Å². The summed E-state index contributed by atoms with van der Waals surface area (Å²) < 4.78 is 8.30. The fraction of sp³-hybridized carbons (Fsp3) is 0.143. The minimum Gasteiger partial charge on any atom is -0.494 e. The molecule has 1 nitrogen and oxygen atoms in total. The van der Waals surface area contributed by atoms with Crippen LogP contribution in [0.2, 0.25) is 0 Å². The maximum Gasteiger partial charge on any atom is 0.119 e. The van der Waals surface area contributed by atoms with Gasteiger partial charge in [0.05, 0.1) is 6.61 Å². The first kappa shape index (κ1) is 18.9. The van der Waals surface area contributed by atoms with Crippen molar-refractivity contribution in [1.82, 2.24) is 0 Å². The Labute approximate surface area is 189 Å². The number of aryl methyl sites for hydroxylation is 2. The molecule has 0 bridgehead atoms. The van der Waals surface area contributed by atoms with Gasteiger partial charge in [0.15, 0.2) is 0 Å². The minimum absolute atomic E-state index is 0.711. The molecule has 0 N–H and O–H groups in total.